The third-order valence-corrected chi connectivity index (χ3v) is 6.40. The van der Waals surface area contributed by atoms with Crippen LogP contribution >= 0.6 is 0 Å². The van der Waals surface area contributed by atoms with E-state index in [9.17, 15) is 9.59 Å². The van der Waals surface area contributed by atoms with Gasteiger partial charge in [0.25, 0.3) is 5.91 Å². The lowest BCUT2D eigenvalue weighted by Gasteiger charge is -2.43. The monoisotopic (exact) mass is 324 g/mol. The van der Waals surface area contributed by atoms with Gasteiger partial charge >= 0.3 is 6.03 Å². The SMILES string of the molecule is CC1=C(C(C)C)c2ccccc2C12CCC1(CC2)NC(=O)NC1=O. The van der Waals surface area contributed by atoms with Crippen molar-refractivity contribution in [2.45, 2.75) is 57.4 Å². The maximum Gasteiger partial charge on any atom is 0.322 e. The van der Waals surface area contributed by atoms with Crippen LogP contribution in [0.2, 0.25) is 0 Å². The summed E-state index contributed by atoms with van der Waals surface area (Å²) in [4.78, 5) is 23.8. The first-order valence-electron chi connectivity index (χ1n) is 8.84. The molecular weight excluding hydrogens is 300 g/mol. The van der Waals surface area contributed by atoms with E-state index in [1.54, 1.807) is 0 Å². The molecule has 1 saturated heterocycles. The lowest BCUT2D eigenvalue weighted by molar-refractivity contribution is -0.125. The molecule has 0 aromatic heterocycles. The average Bonchev–Trinajstić information content (AvgIpc) is 2.95. The van der Waals surface area contributed by atoms with E-state index in [-0.39, 0.29) is 17.4 Å². The Kier molecular flexibility index (Phi) is 3.18. The van der Waals surface area contributed by atoms with Gasteiger partial charge < -0.3 is 5.32 Å². The van der Waals surface area contributed by atoms with Crippen molar-refractivity contribution < 1.29 is 9.59 Å². The molecular formula is C20H24N2O2. The molecule has 4 rings (SSSR count). The molecule has 24 heavy (non-hydrogen) atoms. The molecule has 1 saturated carbocycles. The number of carbonyl (C=O) groups excluding carboxylic acids is 2. The van der Waals surface area contributed by atoms with E-state index in [2.05, 4.69) is 55.7 Å². The quantitative estimate of drug-likeness (QED) is 0.777. The van der Waals surface area contributed by atoms with Crippen LogP contribution in [0.1, 0.15) is 57.6 Å². The van der Waals surface area contributed by atoms with Gasteiger partial charge in [-0.3, -0.25) is 10.1 Å². The van der Waals surface area contributed by atoms with Crippen LogP contribution in [-0.4, -0.2) is 17.5 Å². The summed E-state index contributed by atoms with van der Waals surface area (Å²) in [6.45, 7) is 6.77. The first-order chi connectivity index (χ1) is 11.4. The number of allylic oxidation sites excluding steroid dienone is 2. The van der Waals surface area contributed by atoms with Crippen LogP contribution in [0.25, 0.3) is 5.57 Å². The summed E-state index contributed by atoms with van der Waals surface area (Å²) in [6.07, 6.45) is 3.20. The molecule has 1 aliphatic heterocycles. The lowest BCUT2D eigenvalue weighted by atomic mass is 9.62. The van der Waals surface area contributed by atoms with Crippen LogP contribution in [0.4, 0.5) is 4.79 Å². The number of imide groups is 1. The second kappa shape index (κ2) is 4.95. The van der Waals surface area contributed by atoms with Gasteiger partial charge in [0, 0.05) is 5.41 Å². The molecule has 0 radical (unpaired) electrons. The van der Waals surface area contributed by atoms with Crippen molar-refractivity contribution in [2.24, 2.45) is 5.92 Å². The summed E-state index contributed by atoms with van der Waals surface area (Å²) in [5, 5.41) is 5.30. The number of amides is 3. The number of fused-ring (bicyclic) bond motifs is 2. The molecule has 2 spiro atoms. The van der Waals surface area contributed by atoms with Crippen molar-refractivity contribution >= 4 is 17.5 Å². The van der Waals surface area contributed by atoms with Gasteiger partial charge in [0.05, 0.1) is 0 Å². The van der Waals surface area contributed by atoms with Gasteiger partial charge in [0.1, 0.15) is 5.54 Å². The minimum Gasteiger partial charge on any atom is -0.323 e. The Labute approximate surface area is 142 Å². The van der Waals surface area contributed by atoms with Crippen LogP contribution in [0.5, 0.6) is 0 Å². The molecule has 2 N–H and O–H groups in total. The second-order valence-corrected chi connectivity index (χ2v) is 7.81. The zero-order valence-corrected chi connectivity index (χ0v) is 14.5. The fourth-order valence-electron chi connectivity index (χ4n) is 5.17. The third-order valence-electron chi connectivity index (χ3n) is 6.40. The molecule has 2 fully saturated rings. The summed E-state index contributed by atoms with van der Waals surface area (Å²) in [7, 11) is 0. The van der Waals surface area contributed by atoms with Crippen LogP contribution in [0, 0.1) is 5.92 Å². The maximum absolute atomic E-state index is 12.3. The zero-order chi connectivity index (χ0) is 17.1. The Morgan fingerprint density at radius 3 is 2.29 bits per heavy atom. The number of hydrogen-bond acceptors (Lipinski definition) is 2. The van der Waals surface area contributed by atoms with Crippen molar-refractivity contribution in [3.05, 3.63) is 41.0 Å². The Balaban J connectivity index is 1.75. The summed E-state index contributed by atoms with van der Waals surface area (Å²) in [5.74, 6) is 0.329. The number of nitrogens with one attached hydrogen (secondary N) is 2. The molecule has 4 nitrogen and oxygen atoms in total. The Morgan fingerprint density at radius 1 is 1.04 bits per heavy atom. The van der Waals surface area contributed by atoms with Gasteiger partial charge in [-0.05, 0) is 55.2 Å². The minimum atomic E-state index is -0.696. The third kappa shape index (κ3) is 1.86. The first-order valence-corrected chi connectivity index (χ1v) is 8.84. The van der Waals surface area contributed by atoms with E-state index in [0.717, 1.165) is 12.8 Å². The van der Waals surface area contributed by atoms with Crippen molar-refractivity contribution in [1.29, 1.82) is 0 Å². The van der Waals surface area contributed by atoms with E-state index in [0.29, 0.717) is 18.8 Å². The molecule has 2 aliphatic carbocycles. The molecule has 0 atom stereocenters. The molecule has 3 amide bonds. The summed E-state index contributed by atoms with van der Waals surface area (Å²) in [6, 6.07) is 8.36. The van der Waals surface area contributed by atoms with Gasteiger partial charge in [-0.15, -0.1) is 0 Å². The summed E-state index contributed by atoms with van der Waals surface area (Å²) in [5.41, 5.74) is 5.03. The van der Waals surface area contributed by atoms with Gasteiger partial charge in [0.2, 0.25) is 0 Å². The Hall–Kier alpha value is -2.10. The van der Waals surface area contributed by atoms with E-state index in [4.69, 9.17) is 0 Å². The minimum absolute atomic E-state index is 0.0229. The van der Waals surface area contributed by atoms with Crippen LogP contribution in [0.15, 0.2) is 29.8 Å². The van der Waals surface area contributed by atoms with Crippen LogP contribution in [-0.2, 0) is 10.2 Å². The molecule has 0 bridgehead atoms. The van der Waals surface area contributed by atoms with Gasteiger partial charge in [0.15, 0.2) is 0 Å². The van der Waals surface area contributed by atoms with Crippen molar-refractivity contribution in [1.82, 2.24) is 10.6 Å². The number of rotatable bonds is 1. The number of benzene rings is 1. The fraction of sp³-hybridized carbons (Fsp3) is 0.500. The normalized spacial score (nSPS) is 31.8. The molecule has 1 aromatic rings. The molecule has 3 aliphatic rings. The van der Waals surface area contributed by atoms with Crippen molar-refractivity contribution in [3.8, 4) is 0 Å². The first kappa shape index (κ1) is 15.4. The van der Waals surface area contributed by atoms with Gasteiger partial charge in [-0.2, -0.15) is 0 Å². The largest absolute Gasteiger partial charge is 0.323 e. The molecule has 1 aromatic carbocycles. The molecule has 0 unspecified atom stereocenters. The van der Waals surface area contributed by atoms with Crippen molar-refractivity contribution in [3.63, 3.8) is 0 Å². The highest BCUT2D eigenvalue weighted by molar-refractivity contribution is 6.07. The maximum atomic E-state index is 12.3. The predicted molar refractivity (Wildman–Crippen MR) is 93.4 cm³/mol. The second-order valence-electron chi connectivity index (χ2n) is 7.81. The van der Waals surface area contributed by atoms with Crippen molar-refractivity contribution in [2.75, 3.05) is 0 Å². The van der Waals surface area contributed by atoms with E-state index in [1.807, 2.05) is 0 Å². The lowest BCUT2D eigenvalue weighted by Crippen LogP contribution is -2.52. The highest BCUT2D eigenvalue weighted by Gasteiger charge is 2.54. The molecule has 1 heterocycles. The zero-order valence-electron chi connectivity index (χ0n) is 14.5. The van der Waals surface area contributed by atoms with Crippen LogP contribution < -0.4 is 10.6 Å². The van der Waals surface area contributed by atoms with E-state index in [1.165, 1.54) is 22.3 Å². The highest BCUT2D eigenvalue weighted by Crippen LogP contribution is 2.56. The number of hydrogen-bond donors (Lipinski definition) is 2. The number of urea groups is 1. The Morgan fingerprint density at radius 2 is 1.71 bits per heavy atom. The van der Waals surface area contributed by atoms with E-state index < -0.39 is 5.54 Å². The smallest absolute Gasteiger partial charge is 0.322 e. The summed E-state index contributed by atoms with van der Waals surface area (Å²) >= 11 is 0. The van der Waals surface area contributed by atoms with Gasteiger partial charge in [-0.25, -0.2) is 4.79 Å². The van der Waals surface area contributed by atoms with E-state index >= 15 is 0 Å². The highest BCUT2D eigenvalue weighted by atomic mass is 16.2. The van der Waals surface area contributed by atoms with Crippen LogP contribution in [0.3, 0.4) is 0 Å². The molecule has 126 valence electrons. The molecule has 4 heteroatoms. The van der Waals surface area contributed by atoms with Gasteiger partial charge in [-0.1, -0.05) is 43.7 Å². The predicted octanol–water partition coefficient (Wildman–Crippen LogP) is 3.52. The topological polar surface area (TPSA) is 58.2 Å². The summed E-state index contributed by atoms with van der Waals surface area (Å²) < 4.78 is 0. The fourth-order valence-corrected chi connectivity index (χ4v) is 5.17. The standard InChI is InChI=1S/C20H24N2O2/c1-12(2)16-13(3)19(15-7-5-4-6-14(15)16)8-10-20(11-9-19)17(23)21-18(24)22-20/h4-7,12H,8-11H2,1-3H3,(H2,21,22,23,24). The number of carbonyl (C=O) groups is 2. The Bertz CT molecular complexity index is 768. The average molecular weight is 324 g/mol.